The van der Waals surface area contributed by atoms with E-state index in [1.807, 2.05) is 0 Å². The van der Waals surface area contributed by atoms with Crippen LogP contribution in [0.15, 0.2) is 36.4 Å². The lowest BCUT2D eigenvalue weighted by Crippen LogP contribution is -2.44. The van der Waals surface area contributed by atoms with Crippen LogP contribution in [0.25, 0.3) is 10.9 Å². The molecule has 2 fully saturated rings. The number of benzene rings is 1. The SMILES string of the molecule is CCOC1COC2(CCN(Cc3ccc4ccccc4n3)CC2)C1. The molecule has 128 valence electrons. The Morgan fingerprint density at radius 1 is 1.21 bits per heavy atom. The Bertz CT molecular complexity index is 695. The monoisotopic (exact) mass is 326 g/mol. The molecule has 1 spiro atoms. The largest absolute Gasteiger partial charge is 0.376 e. The number of aromatic nitrogens is 1. The van der Waals surface area contributed by atoms with Gasteiger partial charge in [-0.1, -0.05) is 24.3 Å². The first-order valence-electron chi connectivity index (χ1n) is 9.09. The number of pyridine rings is 1. The average molecular weight is 326 g/mol. The second kappa shape index (κ2) is 6.79. The molecule has 0 radical (unpaired) electrons. The van der Waals surface area contributed by atoms with Crippen LogP contribution in [0.4, 0.5) is 0 Å². The summed E-state index contributed by atoms with van der Waals surface area (Å²) in [5, 5.41) is 1.21. The number of piperidine rings is 1. The third-order valence-corrected chi connectivity index (χ3v) is 5.39. The van der Waals surface area contributed by atoms with E-state index in [1.165, 1.54) is 5.39 Å². The van der Waals surface area contributed by atoms with Crippen LogP contribution in [0.2, 0.25) is 0 Å². The molecule has 3 heterocycles. The van der Waals surface area contributed by atoms with Crippen LogP contribution < -0.4 is 0 Å². The first-order valence-corrected chi connectivity index (χ1v) is 9.09. The van der Waals surface area contributed by atoms with Crippen LogP contribution in [0.3, 0.4) is 0 Å². The van der Waals surface area contributed by atoms with E-state index in [0.717, 1.165) is 63.3 Å². The van der Waals surface area contributed by atoms with Crippen molar-refractivity contribution >= 4 is 10.9 Å². The molecule has 0 aliphatic carbocycles. The van der Waals surface area contributed by atoms with E-state index in [-0.39, 0.29) is 5.60 Å². The Morgan fingerprint density at radius 2 is 2.04 bits per heavy atom. The summed E-state index contributed by atoms with van der Waals surface area (Å²) in [4.78, 5) is 7.30. The predicted molar refractivity (Wildman–Crippen MR) is 95.0 cm³/mol. The van der Waals surface area contributed by atoms with Crippen molar-refractivity contribution in [3.63, 3.8) is 0 Å². The minimum atomic E-state index is 0.0626. The van der Waals surface area contributed by atoms with Gasteiger partial charge in [-0.2, -0.15) is 0 Å². The van der Waals surface area contributed by atoms with Crippen molar-refractivity contribution in [3.8, 4) is 0 Å². The molecule has 24 heavy (non-hydrogen) atoms. The smallest absolute Gasteiger partial charge is 0.0836 e. The second-order valence-electron chi connectivity index (χ2n) is 7.05. The molecule has 1 unspecified atom stereocenters. The zero-order valence-electron chi connectivity index (χ0n) is 14.4. The molecule has 0 N–H and O–H groups in total. The van der Waals surface area contributed by atoms with Gasteiger partial charge in [0.05, 0.1) is 29.5 Å². The molecule has 1 aromatic heterocycles. The fourth-order valence-corrected chi connectivity index (χ4v) is 4.04. The van der Waals surface area contributed by atoms with Crippen LogP contribution in [0.1, 0.15) is 31.9 Å². The minimum Gasteiger partial charge on any atom is -0.376 e. The van der Waals surface area contributed by atoms with Crippen LogP contribution >= 0.6 is 0 Å². The standard InChI is InChI=1S/C20H26N2O2/c1-2-23-18-13-20(24-15-18)9-11-22(12-10-20)14-17-8-7-16-5-3-4-6-19(16)21-17/h3-8,18H,2,9-15H2,1H3. The van der Waals surface area contributed by atoms with Crippen molar-refractivity contribution < 1.29 is 9.47 Å². The Morgan fingerprint density at radius 3 is 2.88 bits per heavy atom. The molecule has 0 bridgehead atoms. The van der Waals surface area contributed by atoms with Gasteiger partial charge in [0.1, 0.15) is 0 Å². The number of hydrogen-bond acceptors (Lipinski definition) is 4. The van der Waals surface area contributed by atoms with Crippen LogP contribution in [-0.4, -0.2) is 47.9 Å². The number of hydrogen-bond donors (Lipinski definition) is 0. The third kappa shape index (κ3) is 3.32. The number of para-hydroxylation sites is 1. The molecule has 2 aliphatic rings. The van der Waals surface area contributed by atoms with Gasteiger partial charge in [-0.15, -0.1) is 0 Å². The van der Waals surface area contributed by atoms with Gasteiger partial charge in [-0.3, -0.25) is 9.88 Å². The van der Waals surface area contributed by atoms with Crippen molar-refractivity contribution in [3.05, 3.63) is 42.1 Å². The zero-order chi connectivity index (χ0) is 16.4. The molecular weight excluding hydrogens is 300 g/mol. The second-order valence-corrected chi connectivity index (χ2v) is 7.05. The highest BCUT2D eigenvalue weighted by atomic mass is 16.6. The molecule has 2 saturated heterocycles. The van der Waals surface area contributed by atoms with Gasteiger partial charge in [0.2, 0.25) is 0 Å². The molecule has 0 saturated carbocycles. The van der Waals surface area contributed by atoms with Gasteiger partial charge in [-0.25, -0.2) is 0 Å². The maximum Gasteiger partial charge on any atom is 0.0836 e. The summed E-state index contributed by atoms with van der Waals surface area (Å²) >= 11 is 0. The number of likely N-dealkylation sites (tertiary alicyclic amines) is 1. The average Bonchev–Trinajstić information content (AvgIpc) is 3.00. The molecule has 4 rings (SSSR count). The summed E-state index contributed by atoms with van der Waals surface area (Å²) in [5.74, 6) is 0. The molecule has 1 aromatic carbocycles. The van der Waals surface area contributed by atoms with Crippen molar-refractivity contribution in [2.24, 2.45) is 0 Å². The van der Waals surface area contributed by atoms with Crippen LogP contribution in [0.5, 0.6) is 0 Å². The quantitative estimate of drug-likeness (QED) is 0.862. The van der Waals surface area contributed by atoms with E-state index in [1.54, 1.807) is 0 Å². The minimum absolute atomic E-state index is 0.0626. The summed E-state index contributed by atoms with van der Waals surface area (Å²) in [6.45, 7) is 6.69. The lowest BCUT2D eigenvalue weighted by Gasteiger charge is -2.38. The van der Waals surface area contributed by atoms with Gasteiger partial charge in [-0.05, 0) is 31.9 Å². The molecule has 0 amide bonds. The van der Waals surface area contributed by atoms with Crippen LogP contribution in [0, 0.1) is 0 Å². The summed E-state index contributed by atoms with van der Waals surface area (Å²) in [6, 6.07) is 12.6. The van der Waals surface area contributed by atoms with Gasteiger partial charge in [0.25, 0.3) is 0 Å². The first-order chi connectivity index (χ1) is 11.8. The Hall–Kier alpha value is -1.49. The van der Waals surface area contributed by atoms with Crippen molar-refractivity contribution in [2.45, 2.75) is 44.4 Å². The summed E-state index contributed by atoms with van der Waals surface area (Å²) in [5.41, 5.74) is 2.30. The summed E-state index contributed by atoms with van der Waals surface area (Å²) in [6.07, 6.45) is 3.56. The van der Waals surface area contributed by atoms with E-state index < -0.39 is 0 Å². The van der Waals surface area contributed by atoms with Gasteiger partial charge in [0, 0.05) is 38.0 Å². The number of nitrogens with zero attached hydrogens (tertiary/aromatic N) is 2. The number of fused-ring (bicyclic) bond motifs is 1. The van der Waals surface area contributed by atoms with Gasteiger partial charge in [0.15, 0.2) is 0 Å². The summed E-state index contributed by atoms with van der Waals surface area (Å²) in [7, 11) is 0. The molecule has 4 heteroatoms. The van der Waals surface area contributed by atoms with E-state index in [2.05, 4.69) is 48.2 Å². The normalized spacial score (nSPS) is 24.0. The van der Waals surface area contributed by atoms with Crippen LogP contribution in [-0.2, 0) is 16.0 Å². The fraction of sp³-hybridized carbons (Fsp3) is 0.550. The van der Waals surface area contributed by atoms with E-state index in [0.29, 0.717) is 6.10 Å². The Balaban J connectivity index is 1.36. The maximum absolute atomic E-state index is 6.14. The molecule has 2 aromatic rings. The number of rotatable bonds is 4. The maximum atomic E-state index is 6.14. The summed E-state index contributed by atoms with van der Waals surface area (Å²) < 4.78 is 11.9. The van der Waals surface area contributed by atoms with Crippen molar-refractivity contribution in [2.75, 3.05) is 26.3 Å². The first kappa shape index (κ1) is 16.0. The van der Waals surface area contributed by atoms with Gasteiger partial charge < -0.3 is 9.47 Å². The lowest BCUT2D eigenvalue weighted by molar-refractivity contribution is -0.0465. The fourth-order valence-electron chi connectivity index (χ4n) is 4.04. The van der Waals surface area contributed by atoms with Crippen molar-refractivity contribution in [1.82, 2.24) is 9.88 Å². The molecule has 4 nitrogen and oxygen atoms in total. The van der Waals surface area contributed by atoms with E-state index >= 15 is 0 Å². The molecule has 1 atom stereocenters. The highest BCUT2D eigenvalue weighted by molar-refractivity contribution is 5.78. The van der Waals surface area contributed by atoms with E-state index in [9.17, 15) is 0 Å². The van der Waals surface area contributed by atoms with Crippen molar-refractivity contribution in [1.29, 1.82) is 0 Å². The molecular formula is C20H26N2O2. The highest BCUT2D eigenvalue weighted by Crippen LogP contribution is 2.37. The van der Waals surface area contributed by atoms with Gasteiger partial charge >= 0.3 is 0 Å². The van der Waals surface area contributed by atoms with E-state index in [4.69, 9.17) is 14.5 Å². The predicted octanol–water partition coefficient (Wildman–Crippen LogP) is 3.39. The third-order valence-electron chi connectivity index (χ3n) is 5.39. The Kier molecular flexibility index (Phi) is 4.53. The Labute approximate surface area is 143 Å². The topological polar surface area (TPSA) is 34.6 Å². The number of ether oxygens (including phenoxy) is 2. The highest BCUT2D eigenvalue weighted by Gasteiger charge is 2.42. The molecule has 2 aliphatic heterocycles. The lowest BCUT2D eigenvalue weighted by atomic mass is 9.88. The zero-order valence-corrected chi connectivity index (χ0v) is 14.4.